The van der Waals surface area contributed by atoms with Gasteiger partial charge in [0.25, 0.3) is 0 Å². The molecule has 0 radical (unpaired) electrons. The first-order valence-electron chi connectivity index (χ1n) is 8.08. The number of anilines is 1. The van der Waals surface area contributed by atoms with Crippen LogP contribution >= 0.6 is 11.6 Å². The van der Waals surface area contributed by atoms with Crippen LogP contribution in [0.3, 0.4) is 0 Å². The van der Waals surface area contributed by atoms with E-state index in [-0.39, 0.29) is 0 Å². The third-order valence-electron chi connectivity index (χ3n) is 4.85. The number of nitrogens with zero attached hydrogens (tertiary/aromatic N) is 1. The summed E-state index contributed by atoms with van der Waals surface area (Å²) in [6, 6.07) is 8.18. The molecule has 2 bridgehead atoms. The van der Waals surface area contributed by atoms with Crippen molar-refractivity contribution in [2.75, 3.05) is 18.6 Å². The van der Waals surface area contributed by atoms with E-state index in [1.165, 1.54) is 37.8 Å². The second kappa shape index (κ2) is 6.45. The van der Waals surface area contributed by atoms with Crippen molar-refractivity contribution in [3.05, 3.63) is 23.2 Å². The zero-order valence-electron chi connectivity index (χ0n) is 12.9. The Bertz CT molecular complexity index is 480. The lowest BCUT2D eigenvalue weighted by Crippen LogP contribution is -2.49. The van der Waals surface area contributed by atoms with Crippen LogP contribution in [-0.2, 0) is 0 Å². The normalized spacial score (nSPS) is 28.0. The van der Waals surface area contributed by atoms with E-state index in [9.17, 15) is 0 Å². The molecule has 2 atom stereocenters. The highest BCUT2D eigenvalue weighted by molar-refractivity contribution is 6.32. The van der Waals surface area contributed by atoms with Crippen molar-refractivity contribution in [1.82, 2.24) is 5.32 Å². The van der Waals surface area contributed by atoms with E-state index in [4.69, 9.17) is 16.3 Å². The number of methoxy groups -OCH3 is 1. The first-order valence-corrected chi connectivity index (χ1v) is 8.46. The maximum atomic E-state index is 6.15. The molecular weight excluding hydrogens is 284 g/mol. The van der Waals surface area contributed by atoms with Crippen molar-refractivity contribution in [3.8, 4) is 5.75 Å². The van der Waals surface area contributed by atoms with Crippen molar-refractivity contribution in [2.24, 2.45) is 0 Å². The molecular formula is C17H25ClN2O. The monoisotopic (exact) mass is 308 g/mol. The molecule has 1 aromatic rings. The van der Waals surface area contributed by atoms with E-state index >= 15 is 0 Å². The van der Waals surface area contributed by atoms with E-state index in [0.717, 1.165) is 12.3 Å². The standard InChI is InChI=1S/C17H25ClN2O/c1-3-8-19-12-9-13-4-5-14(10-12)20(13)15-6-7-16(18)17(11-15)21-2/h6-7,11-14,19H,3-5,8-10H2,1-2H3. The summed E-state index contributed by atoms with van der Waals surface area (Å²) in [5, 5.41) is 4.39. The Morgan fingerprint density at radius 2 is 2.00 bits per heavy atom. The lowest BCUT2D eigenvalue weighted by molar-refractivity contribution is 0.356. The zero-order valence-corrected chi connectivity index (χ0v) is 13.7. The summed E-state index contributed by atoms with van der Waals surface area (Å²) in [6.07, 6.45) is 6.33. The van der Waals surface area contributed by atoms with Gasteiger partial charge in [0.2, 0.25) is 0 Å². The molecule has 116 valence electrons. The molecule has 2 unspecified atom stereocenters. The van der Waals surface area contributed by atoms with E-state index < -0.39 is 0 Å². The molecule has 0 spiro atoms. The van der Waals surface area contributed by atoms with Crippen molar-refractivity contribution in [3.63, 3.8) is 0 Å². The Morgan fingerprint density at radius 3 is 2.62 bits per heavy atom. The van der Waals surface area contributed by atoms with E-state index in [0.29, 0.717) is 23.1 Å². The highest BCUT2D eigenvalue weighted by Crippen LogP contribution is 2.41. The van der Waals surface area contributed by atoms with Gasteiger partial charge in [-0.25, -0.2) is 0 Å². The summed E-state index contributed by atoms with van der Waals surface area (Å²) < 4.78 is 5.37. The predicted molar refractivity (Wildman–Crippen MR) is 88.6 cm³/mol. The minimum atomic E-state index is 0.656. The number of hydrogen-bond donors (Lipinski definition) is 1. The van der Waals surface area contributed by atoms with Crippen LogP contribution < -0.4 is 15.0 Å². The van der Waals surface area contributed by atoms with Gasteiger partial charge >= 0.3 is 0 Å². The van der Waals surface area contributed by atoms with Gasteiger partial charge in [-0.1, -0.05) is 18.5 Å². The second-order valence-electron chi connectivity index (χ2n) is 6.23. The number of nitrogens with one attached hydrogen (secondary N) is 1. The van der Waals surface area contributed by atoms with Gasteiger partial charge in [-0.05, 0) is 50.8 Å². The molecule has 3 nitrogen and oxygen atoms in total. The van der Waals surface area contributed by atoms with Gasteiger partial charge in [-0.15, -0.1) is 0 Å². The summed E-state index contributed by atoms with van der Waals surface area (Å²) in [4.78, 5) is 2.60. The van der Waals surface area contributed by atoms with Crippen molar-refractivity contribution < 1.29 is 4.74 Å². The number of benzene rings is 1. The number of rotatable bonds is 5. The van der Waals surface area contributed by atoms with Crippen molar-refractivity contribution in [1.29, 1.82) is 0 Å². The Balaban J connectivity index is 1.76. The van der Waals surface area contributed by atoms with Crippen LogP contribution in [0.25, 0.3) is 0 Å². The molecule has 2 heterocycles. The molecule has 21 heavy (non-hydrogen) atoms. The Kier molecular flexibility index (Phi) is 4.60. The Morgan fingerprint density at radius 1 is 1.29 bits per heavy atom. The van der Waals surface area contributed by atoms with E-state index in [1.807, 2.05) is 6.07 Å². The second-order valence-corrected chi connectivity index (χ2v) is 6.64. The fourth-order valence-corrected chi connectivity index (χ4v) is 4.12. The predicted octanol–water partition coefficient (Wildman–Crippen LogP) is 3.85. The fourth-order valence-electron chi connectivity index (χ4n) is 3.92. The van der Waals surface area contributed by atoms with Gasteiger partial charge in [0, 0.05) is 29.9 Å². The molecule has 0 saturated carbocycles. The number of fused-ring (bicyclic) bond motifs is 2. The number of ether oxygens (including phenoxy) is 1. The number of piperidine rings is 1. The lowest BCUT2D eigenvalue weighted by atomic mass is 9.96. The summed E-state index contributed by atoms with van der Waals surface area (Å²) in [5.74, 6) is 0.778. The number of hydrogen-bond acceptors (Lipinski definition) is 3. The maximum Gasteiger partial charge on any atom is 0.139 e. The summed E-state index contributed by atoms with van der Waals surface area (Å²) >= 11 is 6.15. The quantitative estimate of drug-likeness (QED) is 0.894. The Labute approximate surface area is 132 Å². The van der Waals surface area contributed by atoms with Crippen molar-refractivity contribution >= 4 is 17.3 Å². The average molecular weight is 309 g/mol. The van der Waals surface area contributed by atoms with Gasteiger partial charge in [0.15, 0.2) is 0 Å². The number of halogens is 1. The van der Waals surface area contributed by atoms with Gasteiger partial charge in [-0.2, -0.15) is 0 Å². The van der Waals surface area contributed by atoms with Crippen LogP contribution in [0.5, 0.6) is 5.75 Å². The van der Waals surface area contributed by atoms with Crippen LogP contribution in [0, 0.1) is 0 Å². The first-order chi connectivity index (χ1) is 10.2. The first kappa shape index (κ1) is 15.0. The molecule has 0 aromatic heterocycles. The smallest absolute Gasteiger partial charge is 0.139 e. The van der Waals surface area contributed by atoms with Gasteiger partial charge < -0.3 is 15.0 Å². The minimum Gasteiger partial charge on any atom is -0.495 e. The van der Waals surface area contributed by atoms with E-state index in [1.54, 1.807) is 7.11 Å². The molecule has 1 N–H and O–H groups in total. The maximum absolute atomic E-state index is 6.15. The van der Waals surface area contributed by atoms with Crippen molar-refractivity contribution in [2.45, 2.75) is 57.2 Å². The zero-order chi connectivity index (χ0) is 14.8. The molecule has 2 fully saturated rings. The molecule has 3 rings (SSSR count). The molecule has 2 saturated heterocycles. The van der Waals surface area contributed by atoms with Crippen LogP contribution in [0.1, 0.15) is 39.0 Å². The SMILES string of the molecule is CCCNC1CC2CCC(C1)N2c1ccc(Cl)c(OC)c1. The molecule has 1 aromatic carbocycles. The summed E-state index contributed by atoms with van der Waals surface area (Å²) in [6.45, 7) is 3.37. The molecule has 4 heteroatoms. The van der Waals surface area contributed by atoms with Crippen LogP contribution in [-0.4, -0.2) is 31.8 Å². The average Bonchev–Trinajstić information content (AvgIpc) is 2.76. The third kappa shape index (κ3) is 3.00. The van der Waals surface area contributed by atoms with Crippen LogP contribution in [0.4, 0.5) is 5.69 Å². The largest absolute Gasteiger partial charge is 0.495 e. The summed E-state index contributed by atoms with van der Waals surface area (Å²) in [5.41, 5.74) is 1.26. The van der Waals surface area contributed by atoms with Gasteiger partial charge in [0.1, 0.15) is 5.75 Å². The van der Waals surface area contributed by atoms with Gasteiger partial charge in [-0.3, -0.25) is 0 Å². The topological polar surface area (TPSA) is 24.5 Å². The fraction of sp³-hybridized carbons (Fsp3) is 0.647. The van der Waals surface area contributed by atoms with Crippen LogP contribution in [0.15, 0.2) is 18.2 Å². The Hall–Kier alpha value is -0.930. The molecule has 2 aliphatic heterocycles. The molecule has 0 amide bonds. The lowest BCUT2D eigenvalue weighted by Gasteiger charge is -2.41. The highest BCUT2D eigenvalue weighted by atomic mass is 35.5. The third-order valence-corrected chi connectivity index (χ3v) is 5.16. The van der Waals surface area contributed by atoms with Crippen LogP contribution in [0.2, 0.25) is 5.02 Å². The molecule has 0 aliphatic carbocycles. The summed E-state index contributed by atoms with van der Waals surface area (Å²) in [7, 11) is 1.68. The van der Waals surface area contributed by atoms with E-state index in [2.05, 4.69) is 29.3 Å². The van der Waals surface area contributed by atoms with Gasteiger partial charge in [0.05, 0.1) is 12.1 Å². The molecule has 2 aliphatic rings. The minimum absolute atomic E-state index is 0.656. The highest BCUT2D eigenvalue weighted by Gasteiger charge is 2.40.